The zero-order valence-corrected chi connectivity index (χ0v) is 20.6. The standard InChI is InChI=1S/C22H48N4S/c1-10-23-13-14-24(18-22(23,6)7)21(4,5)12-11-19(2)26-16-15-25(27(8)9)17-20(26)3/h19-20,27H,10-18H2,1-9H3/t19?,20-/m1/s1. The Morgan fingerprint density at radius 2 is 1.78 bits per heavy atom. The fraction of sp³-hybridized carbons (Fsp3) is 1.00. The summed E-state index contributed by atoms with van der Waals surface area (Å²) in [7, 11) is 0. The van der Waals surface area contributed by atoms with E-state index in [1.165, 1.54) is 58.7 Å². The highest BCUT2D eigenvalue weighted by Crippen LogP contribution is 2.31. The van der Waals surface area contributed by atoms with E-state index in [9.17, 15) is 0 Å². The van der Waals surface area contributed by atoms with Crippen molar-refractivity contribution in [1.82, 2.24) is 19.0 Å². The van der Waals surface area contributed by atoms with Crippen LogP contribution in [-0.4, -0.2) is 100 Å². The number of piperazine rings is 2. The number of likely N-dealkylation sites (N-methyl/N-ethyl adjacent to an activating group) is 1. The third-order valence-corrected chi connectivity index (χ3v) is 8.77. The summed E-state index contributed by atoms with van der Waals surface area (Å²) in [5, 5.41) is 0. The van der Waals surface area contributed by atoms with Gasteiger partial charge in [-0.15, -0.1) is 0 Å². The minimum Gasteiger partial charge on any atom is -0.296 e. The third kappa shape index (κ3) is 5.85. The van der Waals surface area contributed by atoms with Gasteiger partial charge in [0.2, 0.25) is 0 Å². The molecule has 2 rings (SSSR count). The summed E-state index contributed by atoms with van der Waals surface area (Å²) in [5.74, 6) is 0. The van der Waals surface area contributed by atoms with Crippen LogP contribution in [0.3, 0.4) is 0 Å². The monoisotopic (exact) mass is 400 g/mol. The third-order valence-electron chi connectivity index (χ3n) is 7.27. The van der Waals surface area contributed by atoms with Crippen molar-refractivity contribution in [3.8, 4) is 0 Å². The summed E-state index contributed by atoms with van der Waals surface area (Å²) in [4.78, 5) is 8.17. The van der Waals surface area contributed by atoms with Crippen LogP contribution in [0, 0.1) is 0 Å². The second-order valence-electron chi connectivity index (χ2n) is 10.4. The van der Waals surface area contributed by atoms with Crippen molar-refractivity contribution < 1.29 is 0 Å². The average Bonchev–Trinajstić information content (AvgIpc) is 2.58. The Kier molecular flexibility index (Phi) is 8.12. The summed E-state index contributed by atoms with van der Waals surface area (Å²) < 4.78 is 2.70. The van der Waals surface area contributed by atoms with E-state index in [-0.39, 0.29) is 16.6 Å². The molecule has 0 aromatic carbocycles. The summed E-state index contributed by atoms with van der Waals surface area (Å²) in [6.45, 7) is 25.5. The minimum atomic E-state index is 0.0627. The van der Waals surface area contributed by atoms with Gasteiger partial charge in [-0.05, 0) is 73.4 Å². The summed E-state index contributed by atoms with van der Waals surface area (Å²) in [6, 6.07) is 1.38. The minimum absolute atomic E-state index is 0.0627. The second kappa shape index (κ2) is 9.34. The van der Waals surface area contributed by atoms with Gasteiger partial charge in [0.15, 0.2) is 0 Å². The molecule has 2 aliphatic heterocycles. The van der Waals surface area contributed by atoms with Crippen LogP contribution in [0.2, 0.25) is 0 Å². The Balaban J connectivity index is 1.87. The molecule has 0 spiro atoms. The maximum absolute atomic E-state index is 2.77. The van der Waals surface area contributed by atoms with E-state index >= 15 is 0 Å². The fourth-order valence-electron chi connectivity index (χ4n) is 5.15. The van der Waals surface area contributed by atoms with Crippen LogP contribution in [0.25, 0.3) is 0 Å². The SMILES string of the molecule is CCN1CCN(C(C)(C)CCC(C)N2CCN([SH](C)C)C[C@H]2C)CC1(C)C. The molecule has 0 amide bonds. The second-order valence-corrected chi connectivity index (χ2v) is 12.6. The van der Waals surface area contributed by atoms with Gasteiger partial charge in [0, 0.05) is 62.4 Å². The molecular formula is C22H48N4S. The number of rotatable bonds is 7. The fourth-order valence-corrected chi connectivity index (χ4v) is 6.20. The Bertz CT molecular complexity index is 465. The molecule has 2 fully saturated rings. The first-order valence-electron chi connectivity index (χ1n) is 11.2. The number of thiol groups is 1. The molecule has 0 aromatic rings. The maximum Gasteiger partial charge on any atom is 0.0280 e. The van der Waals surface area contributed by atoms with E-state index in [0.29, 0.717) is 17.6 Å². The molecule has 0 aromatic heterocycles. The van der Waals surface area contributed by atoms with Crippen LogP contribution in [0.15, 0.2) is 0 Å². The molecule has 2 aliphatic rings. The molecule has 4 nitrogen and oxygen atoms in total. The molecule has 0 aliphatic carbocycles. The predicted molar refractivity (Wildman–Crippen MR) is 124 cm³/mol. The van der Waals surface area contributed by atoms with E-state index in [4.69, 9.17) is 0 Å². The van der Waals surface area contributed by atoms with E-state index in [1.807, 2.05) is 0 Å². The first-order chi connectivity index (χ1) is 12.5. The molecule has 1 unspecified atom stereocenters. The lowest BCUT2D eigenvalue weighted by Crippen LogP contribution is -2.63. The summed E-state index contributed by atoms with van der Waals surface area (Å²) in [6.07, 6.45) is 7.38. The molecule has 2 saturated heterocycles. The van der Waals surface area contributed by atoms with Gasteiger partial charge in [-0.3, -0.25) is 19.0 Å². The Labute approximate surface area is 173 Å². The number of hydrogen-bond donors (Lipinski definition) is 1. The van der Waals surface area contributed by atoms with Crippen molar-refractivity contribution in [1.29, 1.82) is 0 Å². The van der Waals surface area contributed by atoms with Crippen molar-refractivity contribution in [3.05, 3.63) is 0 Å². The highest BCUT2D eigenvalue weighted by atomic mass is 32.2. The zero-order chi connectivity index (χ0) is 20.4. The number of hydrogen-bond acceptors (Lipinski definition) is 4. The van der Waals surface area contributed by atoms with Gasteiger partial charge >= 0.3 is 0 Å². The Morgan fingerprint density at radius 3 is 2.30 bits per heavy atom. The van der Waals surface area contributed by atoms with Crippen LogP contribution < -0.4 is 0 Å². The lowest BCUT2D eigenvalue weighted by Gasteiger charge is -2.52. The predicted octanol–water partition coefficient (Wildman–Crippen LogP) is 3.53. The quantitative estimate of drug-likeness (QED) is 0.656. The number of nitrogens with zero attached hydrogens (tertiary/aromatic N) is 4. The molecule has 5 heteroatoms. The van der Waals surface area contributed by atoms with E-state index in [2.05, 4.69) is 80.0 Å². The van der Waals surface area contributed by atoms with Crippen molar-refractivity contribution >= 4 is 11.1 Å². The highest BCUT2D eigenvalue weighted by Gasteiger charge is 2.39. The smallest absolute Gasteiger partial charge is 0.0280 e. The molecule has 162 valence electrons. The summed E-state index contributed by atoms with van der Waals surface area (Å²) >= 11 is 0.0627. The molecule has 0 bridgehead atoms. The van der Waals surface area contributed by atoms with Crippen LogP contribution >= 0.6 is 11.1 Å². The molecule has 2 heterocycles. The van der Waals surface area contributed by atoms with Gasteiger partial charge in [-0.25, -0.2) is 11.1 Å². The van der Waals surface area contributed by atoms with E-state index in [1.54, 1.807) is 0 Å². The first kappa shape index (κ1) is 23.5. The topological polar surface area (TPSA) is 13.0 Å². The molecule has 27 heavy (non-hydrogen) atoms. The average molecular weight is 401 g/mol. The van der Waals surface area contributed by atoms with Gasteiger partial charge in [-0.2, -0.15) is 0 Å². The highest BCUT2D eigenvalue weighted by molar-refractivity contribution is 8.13. The van der Waals surface area contributed by atoms with Crippen LogP contribution in [0.5, 0.6) is 0 Å². The maximum atomic E-state index is 2.77. The van der Waals surface area contributed by atoms with Crippen LogP contribution in [0.4, 0.5) is 0 Å². The van der Waals surface area contributed by atoms with Gasteiger partial charge < -0.3 is 0 Å². The van der Waals surface area contributed by atoms with Crippen molar-refractivity contribution in [3.63, 3.8) is 0 Å². The molecule has 2 atom stereocenters. The Hall–Kier alpha value is 0.190. The molecule has 0 radical (unpaired) electrons. The summed E-state index contributed by atoms with van der Waals surface area (Å²) in [5.41, 5.74) is 0.580. The van der Waals surface area contributed by atoms with Crippen LogP contribution in [0.1, 0.15) is 61.3 Å². The molecule has 0 saturated carbocycles. The lowest BCUT2D eigenvalue weighted by atomic mass is 9.88. The lowest BCUT2D eigenvalue weighted by molar-refractivity contribution is -0.0286. The van der Waals surface area contributed by atoms with Crippen molar-refractivity contribution in [2.75, 3.05) is 58.3 Å². The molecular weight excluding hydrogens is 352 g/mol. The van der Waals surface area contributed by atoms with Gasteiger partial charge in [-0.1, -0.05) is 6.92 Å². The normalized spacial score (nSPS) is 28.3. The van der Waals surface area contributed by atoms with Gasteiger partial charge in [0.05, 0.1) is 0 Å². The van der Waals surface area contributed by atoms with E-state index in [0.717, 1.165) is 0 Å². The Morgan fingerprint density at radius 1 is 1.11 bits per heavy atom. The van der Waals surface area contributed by atoms with Gasteiger partial charge in [0.1, 0.15) is 0 Å². The van der Waals surface area contributed by atoms with E-state index < -0.39 is 0 Å². The van der Waals surface area contributed by atoms with Crippen molar-refractivity contribution in [2.45, 2.75) is 84.5 Å². The van der Waals surface area contributed by atoms with Crippen molar-refractivity contribution in [2.24, 2.45) is 0 Å². The molecule has 0 N–H and O–H groups in total. The van der Waals surface area contributed by atoms with Crippen LogP contribution in [-0.2, 0) is 0 Å². The zero-order valence-electron chi connectivity index (χ0n) is 19.8. The first-order valence-corrected chi connectivity index (χ1v) is 13.3. The van der Waals surface area contributed by atoms with Gasteiger partial charge in [0.25, 0.3) is 0 Å². The largest absolute Gasteiger partial charge is 0.296 e.